The van der Waals surface area contributed by atoms with Crippen molar-refractivity contribution in [2.45, 2.75) is 26.3 Å². The molecule has 0 aliphatic heterocycles. The molecule has 15 heavy (non-hydrogen) atoms. The van der Waals surface area contributed by atoms with E-state index in [0.717, 1.165) is 28.6 Å². The lowest BCUT2D eigenvalue weighted by Crippen LogP contribution is -2.17. The smallest absolute Gasteiger partial charge is 0.0739 e. The highest BCUT2D eigenvalue weighted by atomic mass is 79.9. The van der Waals surface area contributed by atoms with Gasteiger partial charge in [0.15, 0.2) is 0 Å². The molecule has 0 aromatic carbocycles. The topological polar surface area (TPSA) is 29.9 Å². The fraction of sp³-hybridized carbons (Fsp3) is 0.700. The van der Waals surface area contributed by atoms with Gasteiger partial charge in [0, 0.05) is 18.9 Å². The van der Waals surface area contributed by atoms with Crippen LogP contribution in [0.5, 0.6) is 0 Å². The number of nitrogens with zero attached hydrogens (tertiary/aromatic N) is 2. The molecule has 0 bridgehead atoms. The predicted octanol–water partition coefficient (Wildman–Crippen LogP) is 2.76. The molecule has 1 N–H and O–H groups in total. The Morgan fingerprint density at radius 1 is 1.40 bits per heavy atom. The van der Waals surface area contributed by atoms with E-state index in [1.165, 1.54) is 18.5 Å². The van der Waals surface area contributed by atoms with Gasteiger partial charge in [-0.15, -0.1) is 0 Å². The summed E-state index contributed by atoms with van der Waals surface area (Å²) in [6, 6.07) is 0. The summed E-state index contributed by atoms with van der Waals surface area (Å²) in [4.78, 5) is 0. The first-order valence-electron chi connectivity index (χ1n) is 5.11. The molecule has 0 aliphatic rings. The summed E-state index contributed by atoms with van der Waals surface area (Å²) in [5, 5.41) is 8.85. The predicted molar refractivity (Wildman–Crippen MR) is 70.4 cm³/mol. The number of nitrogens with one attached hydrogen (secondary N) is 1. The van der Waals surface area contributed by atoms with Crippen LogP contribution in [0.3, 0.4) is 0 Å². The number of aryl methyl sites for hydroxylation is 2. The van der Waals surface area contributed by atoms with Crippen LogP contribution in [0.2, 0.25) is 0 Å². The first-order chi connectivity index (χ1) is 7.16. The summed E-state index contributed by atoms with van der Waals surface area (Å²) in [5.41, 5.74) is 2.26. The largest absolute Gasteiger partial charge is 0.311 e. The molecule has 0 saturated carbocycles. The van der Waals surface area contributed by atoms with E-state index in [9.17, 15) is 0 Å². The van der Waals surface area contributed by atoms with Crippen LogP contribution in [0.1, 0.15) is 24.2 Å². The molecule has 1 heterocycles. The Bertz CT molecular complexity index is 310. The molecular formula is C10H17Br2N3. The van der Waals surface area contributed by atoms with Gasteiger partial charge in [-0.2, -0.15) is 5.10 Å². The first-order valence-corrected chi connectivity index (χ1v) is 7.03. The van der Waals surface area contributed by atoms with Crippen molar-refractivity contribution < 1.29 is 0 Å². The first kappa shape index (κ1) is 13.2. The fourth-order valence-corrected chi connectivity index (χ4v) is 2.30. The zero-order chi connectivity index (χ0) is 11.3. The maximum atomic E-state index is 4.35. The summed E-state index contributed by atoms with van der Waals surface area (Å²) in [6.45, 7) is 3.95. The standard InChI is InChI=1S/C10H17Br2N3/c1-8-10(12)9(15(2)14-8)7-13-6-4-3-5-11/h13H,3-7H2,1-2H3. The molecule has 5 heteroatoms. The van der Waals surface area contributed by atoms with E-state index in [0.29, 0.717) is 0 Å². The van der Waals surface area contributed by atoms with Gasteiger partial charge in [0.2, 0.25) is 0 Å². The van der Waals surface area contributed by atoms with E-state index in [1.54, 1.807) is 0 Å². The lowest BCUT2D eigenvalue weighted by Gasteiger charge is -2.05. The number of halogens is 2. The molecule has 0 fully saturated rings. The summed E-state index contributed by atoms with van der Waals surface area (Å²) >= 11 is 6.98. The van der Waals surface area contributed by atoms with Crippen molar-refractivity contribution in [1.82, 2.24) is 15.1 Å². The minimum absolute atomic E-state index is 0.875. The van der Waals surface area contributed by atoms with Crippen molar-refractivity contribution in [3.8, 4) is 0 Å². The lowest BCUT2D eigenvalue weighted by atomic mass is 10.3. The zero-order valence-electron chi connectivity index (χ0n) is 9.19. The van der Waals surface area contributed by atoms with Crippen LogP contribution >= 0.6 is 31.9 Å². The Morgan fingerprint density at radius 2 is 2.13 bits per heavy atom. The average molecular weight is 339 g/mol. The summed E-state index contributed by atoms with van der Waals surface area (Å²) < 4.78 is 3.05. The maximum absolute atomic E-state index is 4.35. The molecule has 1 aromatic rings. The molecule has 3 nitrogen and oxygen atoms in total. The molecular weight excluding hydrogens is 322 g/mol. The van der Waals surface area contributed by atoms with Crippen LogP contribution < -0.4 is 5.32 Å². The van der Waals surface area contributed by atoms with E-state index < -0.39 is 0 Å². The van der Waals surface area contributed by atoms with E-state index in [-0.39, 0.29) is 0 Å². The molecule has 86 valence electrons. The van der Waals surface area contributed by atoms with Crippen LogP contribution in [0, 0.1) is 6.92 Å². The van der Waals surface area contributed by atoms with Crippen LogP contribution in [0.4, 0.5) is 0 Å². The van der Waals surface area contributed by atoms with E-state index in [2.05, 4.69) is 42.3 Å². The third kappa shape index (κ3) is 3.89. The SMILES string of the molecule is Cc1nn(C)c(CNCCCCBr)c1Br. The lowest BCUT2D eigenvalue weighted by molar-refractivity contribution is 0.602. The summed E-state index contributed by atoms with van der Waals surface area (Å²) in [6.07, 6.45) is 2.43. The molecule has 0 unspecified atom stereocenters. The summed E-state index contributed by atoms with van der Waals surface area (Å²) in [5.74, 6) is 0. The van der Waals surface area contributed by atoms with Gasteiger partial charge in [-0.05, 0) is 42.2 Å². The molecule has 0 saturated heterocycles. The van der Waals surface area contributed by atoms with E-state index in [1.807, 2.05) is 18.7 Å². The van der Waals surface area contributed by atoms with Gasteiger partial charge < -0.3 is 5.32 Å². The highest BCUT2D eigenvalue weighted by molar-refractivity contribution is 9.10. The van der Waals surface area contributed by atoms with Crippen LogP contribution in [-0.4, -0.2) is 21.7 Å². The van der Waals surface area contributed by atoms with Crippen molar-refractivity contribution in [3.05, 3.63) is 15.9 Å². The van der Waals surface area contributed by atoms with Crippen molar-refractivity contribution in [2.24, 2.45) is 7.05 Å². The van der Waals surface area contributed by atoms with E-state index in [4.69, 9.17) is 0 Å². The van der Waals surface area contributed by atoms with Crippen LogP contribution in [0.25, 0.3) is 0 Å². The Morgan fingerprint density at radius 3 is 2.67 bits per heavy atom. The third-order valence-electron chi connectivity index (χ3n) is 2.29. The Kier molecular flexibility index (Phi) is 5.86. The Labute approximate surface area is 108 Å². The summed E-state index contributed by atoms with van der Waals surface area (Å²) in [7, 11) is 1.98. The molecule has 0 radical (unpaired) electrons. The molecule has 0 aliphatic carbocycles. The maximum Gasteiger partial charge on any atom is 0.0739 e. The second kappa shape index (κ2) is 6.66. The monoisotopic (exact) mass is 337 g/mol. The van der Waals surface area contributed by atoms with Crippen molar-refractivity contribution in [3.63, 3.8) is 0 Å². The van der Waals surface area contributed by atoms with Gasteiger partial charge in [0.25, 0.3) is 0 Å². The van der Waals surface area contributed by atoms with Gasteiger partial charge in [-0.1, -0.05) is 15.9 Å². The molecule has 1 rings (SSSR count). The number of hydrogen-bond acceptors (Lipinski definition) is 2. The molecule has 1 aromatic heterocycles. The Hall–Kier alpha value is 0.130. The van der Waals surface area contributed by atoms with Gasteiger partial charge >= 0.3 is 0 Å². The van der Waals surface area contributed by atoms with E-state index >= 15 is 0 Å². The van der Waals surface area contributed by atoms with Crippen LogP contribution in [0.15, 0.2) is 4.47 Å². The normalized spacial score (nSPS) is 10.9. The number of hydrogen-bond donors (Lipinski definition) is 1. The highest BCUT2D eigenvalue weighted by Gasteiger charge is 2.09. The minimum Gasteiger partial charge on any atom is -0.311 e. The fourth-order valence-electron chi connectivity index (χ4n) is 1.42. The van der Waals surface area contributed by atoms with Gasteiger partial charge in [-0.25, -0.2) is 0 Å². The third-order valence-corrected chi connectivity index (χ3v) is 3.88. The second-order valence-electron chi connectivity index (χ2n) is 3.54. The zero-order valence-corrected chi connectivity index (χ0v) is 12.4. The van der Waals surface area contributed by atoms with Crippen molar-refractivity contribution in [1.29, 1.82) is 0 Å². The average Bonchev–Trinajstić information content (AvgIpc) is 2.44. The number of unbranched alkanes of at least 4 members (excludes halogenated alkanes) is 1. The number of alkyl halides is 1. The number of aromatic nitrogens is 2. The second-order valence-corrected chi connectivity index (χ2v) is 5.13. The molecule has 0 amide bonds. The van der Waals surface area contributed by atoms with Crippen molar-refractivity contribution >= 4 is 31.9 Å². The van der Waals surface area contributed by atoms with Gasteiger partial charge in [0.05, 0.1) is 15.9 Å². The molecule has 0 atom stereocenters. The highest BCUT2D eigenvalue weighted by Crippen LogP contribution is 2.19. The van der Waals surface area contributed by atoms with Gasteiger partial charge in [0.1, 0.15) is 0 Å². The quantitative estimate of drug-likeness (QED) is 0.638. The van der Waals surface area contributed by atoms with Crippen LogP contribution in [-0.2, 0) is 13.6 Å². The van der Waals surface area contributed by atoms with Crippen molar-refractivity contribution in [2.75, 3.05) is 11.9 Å². The minimum atomic E-state index is 0.875. The van der Waals surface area contributed by atoms with Gasteiger partial charge in [-0.3, -0.25) is 4.68 Å². The molecule has 0 spiro atoms. The number of rotatable bonds is 6. The Balaban J connectivity index is 2.37.